The van der Waals surface area contributed by atoms with Crippen LogP contribution in [0.3, 0.4) is 0 Å². The molecule has 0 N–H and O–H groups in total. The molecule has 0 bridgehead atoms. The molecule has 4 nitrogen and oxygen atoms in total. The van der Waals surface area contributed by atoms with E-state index in [1.165, 1.54) is 22.9 Å². The zero-order valence-electron chi connectivity index (χ0n) is 28.0. The lowest BCUT2D eigenvalue weighted by Crippen LogP contribution is -2.09. The molecule has 0 spiro atoms. The molecule has 0 saturated heterocycles. The van der Waals surface area contributed by atoms with Gasteiger partial charge in [-0.25, -0.2) is 0 Å². The van der Waals surface area contributed by atoms with Gasteiger partial charge in [0.25, 0.3) is 0 Å². The third-order valence-electron chi connectivity index (χ3n) is 9.04. The summed E-state index contributed by atoms with van der Waals surface area (Å²) < 4.78 is 11.7. The van der Waals surface area contributed by atoms with E-state index in [1.54, 1.807) is 0 Å². The quantitative estimate of drug-likeness (QED) is 0.153. The summed E-state index contributed by atoms with van der Waals surface area (Å²) >= 11 is 8.43. The number of rotatable bonds is 8. The van der Waals surface area contributed by atoms with E-state index >= 15 is 0 Å². The maximum absolute atomic E-state index is 4.79. The summed E-state index contributed by atoms with van der Waals surface area (Å²) in [6.45, 7) is 4.23. The first-order valence-electron chi connectivity index (χ1n) is 16.6. The molecule has 1 aromatic heterocycles. The highest BCUT2D eigenvalue weighted by molar-refractivity contribution is 9.10. The molecule has 8 rings (SSSR count). The molecule has 0 aliphatic heterocycles. The van der Waals surface area contributed by atoms with Gasteiger partial charge < -0.3 is 9.80 Å². The van der Waals surface area contributed by atoms with Crippen LogP contribution in [0.4, 0.5) is 34.1 Å². The second-order valence-electron chi connectivity index (χ2n) is 12.5. The van der Waals surface area contributed by atoms with E-state index in [-0.39, 0.29) is 0 Å². The Hall–Kier alpha value is -5.08. The maximum atomic E-state index is 4.79. The van der Waals surface area contributed by atoms with Gasteiger partial charge in [-0.2, -0.15) is 8.75 Å². The predicted octanol–water partition coefficient (Wildman–Crippen LogP) is 14.1. The van der Waals surface area contributed by atoms with Crippen LogP contribution in [0.1, 0.15) is 11.1 Å². The number of nitrogens with zero attached hydrogens (tertiary/aromatic N) is 4. The third kappa shape index (κ3) is 6.85. The van der Waals surface area contributed by atoms with Crippen molar-refractivity contribution in [3.8, 4) is 22.3 Å². The van der Waals surface area contributed by atoms with Gasteiger partial charge in [0.1, 0.15) is 11.0 Å². The monoisotopic (exact) mass is 806 g/mol. The molecular formula is C44H32Br2N4S. The molecule has 51 heavy (non-hydrogen) atoms. The molecule has 7 aromatic carbocycles. The molecule has 7 heteroatoms. The van der Waals surface area contributed by atoms with Crippen LogP contribution >= 0.6 is 43.6 Å². The molecule has 0 unspecified atom stereocenters. The van der Waals surface area contributed by atoms with E-state index in [2.05, 4.69) is 213 Å². The Morgan fingerprint density at radius 1 is 0.373 bits per heavy atom. The Balaban J connectivity index is 1.12. The minimum Gasteiger partial charge on any atom is -0.311 e. The van der Waals surface area contributed by atoms with Gasteiger partial charge in [-0.1, -0.05) is 104 Å². The SMILES string of the molecule is Cc1ccc(N(c2ccc(Br)cc2)c2ccc(-c3ccc(-c4ccc(N(c5ccc(C)cc5)c5ccc(Br)cc5)cc4)c4nsnc34)cc2)cc1. The van der Waals surface area contributed by atoms with Gasteiger partial charge in [0.15, 0.2) is 0 Å². The summed E-state index contributed by atoms with van der Waals surface area (Å²) in [6.07, 6.45) is 0. The van der Waals surface area contributed by atoms with Gasteiger partial charge in [-0.05, 0) is 122 Å². The second kappa shape index (κ2) is 14.3. The maximum Gasteiger partial charge on any atom is 0.113 e. The van der Waals surface area contributed by atoms with Crippen molar-refractivity contribution < 1.29 is 0 Å². The van der Waals surface area contributed by atoms with Crippen molar-refractivity contribution in [1.29, 1.82) is 0 Å². The lowest BCUT2D eigenvalue weighted by molar-refractivity contribution is 1.27. The van der Waals surface area contributed by atoms with Gasteiger partial charge >= 0.3 is 0 Å². The number of aromatic nitrogens is 2. The van der Waals surface area contributed by atoms with Crippen LogP contribution in [0.2, 0.25) is 0 Å². The van der Waals surface area contributed by atoms with E-state index in [9.17, 15) is 0 Å². The van der Waals surface area contributed by atoms with Crippen LogP contribution in [-0.4, -0.2) is 8.75 Å². The molecular weight excluding hydrogens is 776 g/mol. The molecule has 0 amide bonds. The minimum absolute atomic E-state index is 0.911. The molecule has 0 fully saturated rings. The molecule has 0 atom stereocenters. The summed E-state index contributed by atoms with van der Waals surface area (Å²) in [6, 6.07) is 55.9. The first-order valence-corrected chi connectivity index (χ1v) is 18.9. The molecule has 8 aromatic rings. The molecule has 0 aliphatic rings. The Morgan fingerprint density at radius 2 is 0.647 bits per heavy atom. The molecule has 0 radical (unpaired) electrons. The van der Waals surface area contributed by atoms with E-state index in [1.807, 2.05) is 0 Å². The highest BCUT2D eigenvalue weighted by Crippen LogP contribution is 2.40. The average molecular weight is 809 g/mol. The number of anilines is 6. The van der Waals surface area contributed by atoms with Crippen LogP contribution in [0.5, 0.6) is 0 Å². The lowest BCUT2D eigenvalue weighted by atomic mass is 9.97. The van der Waals surface area contributed by atoms with Gasteiger partial charge in [0.2, 0.25) is 0 Å². The van der Waals surface area contributed by atoms with E-state index in [0.717, 1.165) is 76.4 Å². The Morgan fingerprint density at radius 3 is 0.961 bits per heavy atom. The van der Waals surface area contributed by atoms with E-state index in [0.29, 0.717) is 0 Å². The summed E-state index contributed by atoms with van der Waals surface area (Å²) in [4.78, 5) is 4.55. The van der Waals surface area contributed by atoms with E-state index in [4.69, 9.17) is 8.75 Å². The largest absolute Gasteiger partial charge is 0.311 e. The van der Waals surface area contributed by atoms with Crippen molar-refractivity contribution in [1.82, 2.24) is 8.75 Å². The third-order valence-corrected chi connectivity index (χ3v) is 10.6. The van der Waals surface area contributed by atoms with Crippen molar-refractivity contribution in [2.24, 2.45) is 0 Å². The van der Waals surface area contributed by atoms with Crippen LogP contribution < -0.4 is 9.80 Å². The average Bonchev–Trinajstić information content (AvgIpc) is 3.66. The molecule has 1 heterocycles. The normalized spacial score (nSPS) is 11.1. The van der Waals surface area contributed by atoms with Gasteiger partial charge in [0, 0.05) is 54.2 Å². The van der Waals surface area contributed by atoms with Crippen LogP contribution in [0.25, 0.3) is 33.3 Å². The van der Waals surface area contributed by atoms with Gasteiger partial charge in [0.05, 0.1) is 11.7 Å². The summed E-state index contributed by atoms with van der Waals surface area (Å²) in [5.74, 6) is 0. The standard InChI is InChI=1S/C44H32Br2N4S/c1-29-3-15-35(16-4-29)49(39-23-11-33(45)12-24-39)37-19-7-31(8-20-37)41-27-28-42(44-43(41)47-51-48-44)32-9-21-38(22-10-32)50(36-17-5-30(2)6-18-36)40-25-13-34(46)14-26-40/h3-28H,1-2H3. The van der Waals surface area contributed by atoms with Gasteiger partial charge in [-0.3, -0.25) is 0 Å². The van der Waals surface area contributed by atoms with Crippen LogP contribution in [-0.2, 0) is 0 Å². The highest BCUT2D eigenvalue weighted by atomic mass is 79.9. The first-order chi connectivity index (χ1) is 24.9. The van der Waals surface area contributed by atoms with Crippen molar-refractivity contribution in [2.75, 3.05) is 9.80 Å². The summed E-state index contributed by atoms with van der Waals surface area (Å²) in [7, 11) is 0. The number of halogens is 2. The summed E-state index contributed by atoms with van der Waals surface area (Å²) in [5, 5.41) is 0. The van der Waals surface area contributed by atoms with Crippen molar-refractivity contribution in [3.63, 3.8) is 0 Å². The fraction of sp³-hybridized carbons (Fsp3) is 0.0455. The number of aryl methyl sites for hydroxylation is 2. The molecule has 0 aliphatic carbocycles. The van der Waals surface area contributed by atoms with E-state index < -0.39 is 0 Å². The number of hydrogen-bond acceptors (Lipinski definition) is 5. The Labute approximate surface area is 319 Å². The minimum atomic E-state index is 0.911. The van der Waals surface area contributed by atoms with Crippen molar-refractivity contribution >= 4 is 88.7 Å². The summed E-state index contributed by atoms with van der Waals surface area (Å²) in [5.41, 5.74) is 15.2. The number of benzene rings is 7. The van der Waals surface area contributed by atoms with Crippen molar-refractivity contribution in [3.05, 3.63) is 178 Å². The lowest BCUT2D eigenvalue weighted by Gasteiger charge is -2.26. The van der Waals surface area contributed by atoms with Crippen LogP contribution in [0, 0.1) is 13.8 Å². The first kappa shape index (κ1) is 33.1. The molecule has 248 valence electrons. The predicted molar refractivity (Wildman–Crippen MR) is 223 cm³/mol. The van der Waals surface area contributed by atoms with Gasteiger partial charge in [-0.15, -0.1) is 0 Å². The number of fused-ring (bicyclic) bond motifs is 1. The van der Waals surface area contributed by atoms with Crippen LogP contribution in [0.15, 0.2) is 167 Å². The highest BCUT2D eigenvalue weighted by Gasteiger charge is 2.17. The Bertz CT molecular complexity index is 2160. The fourth-order valence-electron chi connectivity index (χ4n) is 6.37. The zero-order chi connectivity index (χ0) is 34.9. The van der Waals surface area contributed by atoms with Crippen molar-refractivity contribution in [2.45, 2.75) is 13.8 Å². The second-order valence-corrected chi connectivity index (χ2v) is 14.9. The number of hydrogen-bond donors (Lipinski definition) is 0. The zero-order valence-corrected chi connectivity index (χ0v) is 32.0. The Kier molecular flexibility index (Phi) is 9.26. The molecule has 0 saturated carbocycles. The topological polar surface area (TPSA) is 32.3 Å². The fourth-order valence-corrected chi connectivity index (χ4v) is 7.48. The smallest absolute Gasteiger partial charge is 0.113 e.